The van der Waals surface area contributed by atoms with E-state index in [4.69, 9.17) is 0 Å². The molecule has 2 heterocycles. The minimum absolute atomic E-state index is 0.194. The van der Waals surface area contributed by atoms with Crippen molar-refractivity contribution in [3.63, 3.8) is 0 Å². The van der Waals surface area contributed by atoms with E-state index in [0.717, 1.165) is 22.2 Å². The largest absolute Gasteiger partial charge is 0.338 e. The van der Waals surface area contributed by atoms with E-state index in [0.29, 0.717) is 17.2 Å². The van der Waals surface area contributed by atoms with Crippen LogP contribution in [0.25, 0.3) is 44.8 Å². The number of para-hydroxylation sites is 3. The van der Waals surface area contributed by atoms with Gasteiger partial charge in [-0.3, -0.25) is 4.55 Å². The van der Waals surface area contributed by atoms with Gasteiger partial charge in [0, 0.05) is 11.1 Å². The average Bonchev–Trinajstić information content (AvgIpc) is 3.30. The fourth-order valence-electron chi connectivity index (χ4n) is 3.32. The first kappa shape index (κ1) is 16.7. The fraction of sp³-hybridized carbons (Fsp3) is 0. The SMILES string of the molecule is O=S(=O)(O)c1cccc2[nH]c(-c3ccccc3-c3nc4ccccc4[nH]3)nc12. The Morgan fingerprint density at radius 2 is 1.32 bits per heavy atom. The highest BCUT2D eigenvalue weighted by molar-refractivity contribution is 7.86. The first-order valence-corrected chi connectivity index (χ1v) is 9.95. The van der Waals surface area contributed by atoms with Gasteiger partial charge in [-0.25, -0.2) is 9.97 Å². The molecule has 0 saturated heterocycles. The molecule has 138 valence electrons. The minimum Gasteiger partial charge on any atom is -0.338 e. The van der Waals surface area contributed by atoms with E-state index in [2.05, 4.69) is 19.9 Å². The van der Waals surface area contributed by atoms with Crippen molar-refractivity contribution in [2.24, 2.45) is 0 Å². The minimum atomic E-state index is -4.38. The van der Waals surface area contributed by atoms with Crippen LogP contribution in [-0.4, -0.2) is 32.9 Å². The van der Waals surface area contributed by atoms with Gasteiger partial charge >= 0.3 is 0 Å². The van der Waals surface area contributed by atoms with E-state index in [1.807, 2.05) is 48.5 Å². The number of rotatable bonds is 3. The zero-order valence-corrected chi connectivity index (χ0v) is 15.2. The highest BCUT2D eigenvalue weighted by Gasteiger charge is 2.19. The van der Waals surface area contributed by atoms with Crippen LogP contribution in [0.15, 0.2) is 71.6 Å². The molecule has 0 fully saturated rings. The Labute approximate surface area is 159 Å². The zero-order valence-electron chi connectivity index (χ0n) is 14.4. The van der Waals surface area contributed by atoms with Crippen LogP contribution in [0, 0.1) is 0 Å². The number of nitrogens with zero attached hydrogens (tertiary/aromatic N) is 2. The Kier molecular flexibility index (Phi) is 3.58. The van der Waals surface area contributed by atoms with Crippen molar-refractivity contribution in [2.75, 3.05) is 0 Å². The molecule has 7 nitrogen and oxygen atoms in total. The summed E-state index contributed by atoms with van der Waals surface area (Å²) in [6.07, 6.45) is 0. The van der Waals surface area contributed by atoms with E-state index in [1.165, 1.54) is 6.07 Å². The molecule has 0 spiro atoms. The van der Waals surface area contributed by atoms with E-state index < -0.39 is 10.1 Å². The highest BCUT2D eigenvalue weighted by Crippen LogP contribution is 2.32. The number of H-pyrrole nitrogens is 2. The summed E-state index contributed by atoms with van der Waals surface area (Å²) in [6.45, 7) is 0. The maximum Gasteiger partial charge on any atom is 0.296 e. The van der Waals surface area contributed by atoms with Crippen LogP contribution in [0.2, 0.25) is 0 Å². The standard InChI is InChI=1S/C20H14N4O3S/c25-28(26,27)17-11-5-10-16-18(17)24-20(23-16)13-7-2-1-6-12(13)19-21-14-8-3-4-9-15(14)22-19/h1-11H,(H,21,22)(H,23,24)(H,25,26,27). The quantitative estimate of drug-likeness (QED) is 0.403. The lowest BCUT2D eigenvalue weighted by Crippen LogP contribution is -1.98. The molecule has 3 aromatic carbocycles. The van der Waals surface area contributed by atoms with Gasteiger partial charge in [0.1, 0.15) is 22.1 Å². The second kappa shape index (κ2) is 6.01. The van der Waals surface area contributed by atoms with E-state index in [9.17, 15) is 13.0 Å². The number of aromatic amines is 2. The van der Waals surface area contributed by atoms with Crippen LogP contribution in [0.5, 0.6) is 0 Å². The fourth-order valence-corrected chi connectivity index (χ4v) is 3.97. The number of aromatic nitrogens is 4. The molecular weight excluding hydrogens is 376 g/mol. The number of hydrogen-bond acceptors (Lipinski definition) is 4. The van der Waals surface area contributed by atoms with Crippen LogP contribution < -0.4 is 0 Å². The third-order valence-corrected chi connectivity index (χ3v) is 5.47. The molecule has 5 aromatic rings. The van der Waals surface area contributed by atoms with E-state index in [1.54, 1.807) is 12.1 Å². The number of hydrogen-bond donors (Lipinski definition) is 3. The Bertz CT molecular complexity index is 1420. The molecule has 0 saturated carbocycles. The Balaban J connectivity index is 1.73. The molecule has 28 heavy (non-hydrogen) atoms. The molecule has 0 aliphatic rings. The summed E-state index contributed by atoms with van der Waals surface area (Å²) in [5.74, 6) is 1.18. The molecule has 0 aliphatic carbocycles. The predicted molar refractivity (Wildman–Crippen MR) is 106 cm³/mol. The normalized spacial score (nSPS) is 12.0. The van der Waals surface area contributed by atoms with Gasteiger partial charge in [0.25, 0.3) is 10.1 Å². The molecule has 5 rings (SSSR count). The number of nitrogens with one attached hydrogen (secondary N) is 2. The van der Waals surface area contributed by atoms with Crippen molar-refractivity contribution >= 4 is 32.2 Å². The second-order valence-corrected chi connectivity index (χ2v) is 7.75. The molecule has 0 radical (unpaired) electrons. The Hall–Kier alpha value is -3.49. The van der Waals surface area contributed by atoms with Crippen molar-refractivity contribution in [3.8, 4) is 22.8 Å². The summed E-state index contributed by atoms with van der Waals surface area (Å²) in [5, 5.41) is 0. The van der Waals surface area contributed by atoms with E-state index in [-0.39, 0.29) is 10.4 Å². The number of fused-ring (bicyclic) bond motifs is 2. The van der Waals surface area contributed by atoms with Crippen LogP contribution in [-0.2, 0) is 10.1 Å². The topological polar surface area (TPSA) is 112 Å². The van der Waals surface area contributed by atoms with Crippen LogP contribution >= 0.6 is 0 Å². The smallest absolute Gasteiger partial charge is 0.296 e. The number of imidazole rings is 2. The van der Waals surface area contributed by atoms with Crippen LogP contribution in [0.3, 0.4) is 0 Å². The summed E-state index contributed by atoms with van der Waals surface area (Å²) >= 11 is 0. The van der Waals surface area contributed by atoms with Gasteiger partial charge in [-0.2, -0.15) is 8.42 Å². The lowest BCUT2D eigenvalue weighted by molar-refractivity contribution is 0.484. The Morgan fingerprint density at radius 1 is 0.714 bits per heavy atom. The zero-order chi connectivity index (χ0) is 19.3. The van der Waals surface area contributed by atoms with Crippen LogP contribution in [0.4, 0.5) is 0 Å². The molecule has 8 heteroatoms. The van der Waals surface area contributed by atoms with Crippen LogP contribution in [0.1, 0.15) is 0 Å². The maximum absolute atomic E-state index is 11.7. The third kappa shape index (κ3) is 2.67. The van der Waals surface area contributed by atoms with Gasteiger partial charge in [0.05, 0.1) is 16.6 Å². The summed E-state index contributed by atoms with van der Waals surface area (Å²) in [6, 6.07) is 19.9. The van der Waals surface area contributed by atoms with Gasteiger partial charge in [-0.15, -0.1) is 0 Å². The van der Waals surface area contributed by atoms with Gasteiger partial charge in [-0.05, 0) is 24.3 Å². The molecular formula is C20H14N4O3S. The maximum atomic E-state index is 11.7. The van der Waals surface area contributed by atoms with Crippen molar-refractivity contribution in [3.05, 3.63) is 66.7 Å². The molecule has 3 N–H and O–H groups in total. The molecule has 2 aromatic heterocycles. The first-order chi connectivity index (χ1) is 13.5. The lowest BCUT2D eigenvalue weighted by Gasteiger charge is -2.04. The van der Waals surface area contributed by atoms with E-state index >= 15 is 0 Å². The molecule has 0 amide bonds. The third-order valence-electron chi connectivity index (χ3n) is 4.58. The first-order valence-electron chi connectivity index (χ1n) is 8.51. The number of benzene rings is 3. The van der Waals surface area contributed by atoms with Gasteiger partial charge in [-0.1, -0.05) is 42.5 Å². The van der Waals surface area contributed by atoms with Gasteiger partial charge in [0.2, 0.25) is 0 Å². The summed E-state index contributed by atoms with van der Waals surface area (Å²) in [7, 11) is -4.38. The molecule has 0 aliphatic heterocycles. The summed E-state index contributed by atoms with van der Waals surface area (Å²) in [5.41, 5.74) is 4.07. The van der Waals surface area contributed by atoms with Gasteiger partial charge in [0.15, 0.2) is 0 Å². The molecule has 0 unspecified atom stereocenters. The van der Waals surface area contributed by atoms with Crippen molar-refractivity contribution in [1.82, 2.24) is 19.9 Å². The highest BCUT2D eigenvalue weighted by atomic mass is 32.2. The van der Waals surface area contributed by atoms with Crippen molar-refractivity contribution in [2.45, 2.75) is 4.90 Å². The second-order valence-electron chi connectivity index (χ2n) is 6.36. The Morgan fingerprint density at radius 3 is 2.04 bits per heavy atom. The monoisotopic (exact) mass is 390 g/mol. The van der Waals surface area contributed by atoms with Crippen molar-refractivity contribution < 1.29 is 13.0 Å². The summed E-state index contributed by atoms with van der Waals surface area (Å²) < 4.78 is 32.8. The lowest BCUT2D eigenvalue weighted by atomic mass is 10.1. The predicted octanol–water partition coefficient (Wildman–Crippen LogP) is 4.02. The van der Waals surface area contributed by atoms with Gasteiger partial charge < -0.3 is 9.97 Å². The molecule has 0 bridgehead atoms. The van der Waals surface area contributed by atoms with Crippen molar-refractivity contribution in [1.29, 1.82) is 0 Å². The summed E-state index contributed by atoms with van der Waals surface area (Å²) in [4.78, 5) is 15.3. The average molecular weight is 390 g/mol. The molecule has 0 atom stereocenters.